The summed E-state index contributed by atoms with van der Waals surface area (Å²) >= 11 is 6.81. The SMILES string of the molecule is Cc1ccc(COc2ccc(/C=C3\SC(=S)N(c4ccc(N(C)C)cc4)C3=O)cc2)cc1. The second kappa shape index (κ2) is 9.59. The number of hydrogen-bond acceptors (Lipinski definition) is 5. The van der Waals surface area contributed by atoms with E-state index in [2.05, 4.69) is 31.2 Å². The zero-order chi connectivity index (χ0) is 22.7. The van der Waals surface area contributed by atoms with Crippen molar-refractivity contribution in [2.24, 2.45) is 0 Å². The van der Waals surface area contributed by atoms with Gasteiger partial charge in [0.05, 0.1) is 10.6 Å². The lowest BCUT2D eigenvalue weighted by molar-refractivity contribution is -0.113. The Morgan fingerprint density at radius 2 is 1.62 bits per heavy atom. The summed E-state index contributed by atoms with van der Waals surface area (Å²) in [5, 5.41) is 0. The summed E-state index contributed by atoms with van der Waals surface area (Å²) in [4.78, 5) is 17.2. The lowest BCUT2D eigenvalue weighted by atomic mass is 10.1. The Hall–Kier alpha value is -3.09. The van der Waals surface area contributed by atoms with Crippen molar-refractivity contribution < 1.29 is 9.53 Å². The predicted molar refractivity (Wildman–Crippen MR) is 138 cm³/mol. The minimum atomic E-state index is -0.0997. The van der Waals surface area contributed by atoms with E-state index in [0.717, 1.165) is 28.3 Å². The molecule has 0 radical (unpaired) electrons. The molecule has 1 aliphatic heterocycles. The maximum absolute atomic E-state index is 13.0. The highest BCUT2D eigenvalue weighted by Crippen LogP contribution is 2.36. The number of carbonyl (C=O) groups is 1. The molecule has 0 unspecified atom stereocenters. The van der Waals surface area contributed by atoms with Crippen molar-refractivity contribution in [3.05, 3.63) is 94.4 Å². The highest BCUT2D eigenvalue weighted by atomic mass is 32.2. The molecule has 0 aromatic heterocycles. The molecule has 1 heterocycles. The Morgan fingerprint density at radius 1 is 0.969 bits per heavy atom. The van der Waals surface area contributed by atoms with E-state index in [9.17, 15) is 4.79 Å². The third-order valence-corrected chi connectivity index (χ3v) is 6.42. The average Bonchev–Trinajstić information content (AvgIpc) is 3.07. The van der Waals surface area contributed by atoms with Crippen molar-refractivity contribution in [3.8, 4) is 5.75 Å². The quantitative estimate of drug-likeness (QED) is 0.331. The van der Waals surface area contributed by atoms with Crippen LogP contribution in [0.5, 0.6) is 5.75 Å². The molecule has 0 N–H and O–H groups in total. The Balaban J connectivity index is 1.43. The number of amides is 1. The number of ether oxygens (including phenoxy) is 1. The molecule has 0 spiro atoms. The fourth-order valence-electron chi connectivity index (χ4n) is 3.25. The van der Waals surface area contributed by atoms with Crippen molar-refractivity contribution in [2.45, 2.75) is 13.5 Å². The maximum atomic E-state index is 13.0. The van der Waals surface area contributed by atoms with Crippen LogP contribution in [0.2, 0.25) is 0 Å². The van der Waals surface area contributed by atoms with Crippen LogP contribution in [0.4, 0.5) is 11.4 Å². The topological polar surface area (TPSA) is 32.8 Å². The van der Waals surface area contributed by atoms with Crippen LogP contribution >= 0.6 is 24.0 Å². The van der Waals surface area contributed by atoms with E-state index in [-0.39, 0.29) is 5.91 Å². The smallest absolute Gasteiger partial charge is 0.270 e. The number of anilines is 2. The molecule has 1 saturated heterocycles. The number of rotatable bonds is 6. The lowest BCUT2D eigenvalue weighted by Gasteiger charge is -2.17. The van der Waals surface area contributed by atoms with Crippen LogP contribution in [0.3, 0.4) is 0 Å². The molecule has 0 saturated carbocycles. The predicted octanol–water partition coefficient (Wildman–Crippen LogP) is 6.05. The van der Waals surface area contributed by atoms with Crippen LogP contribution in [-0.2, 0) is 11.4 Å². The van der Waals surface area contributed by atoms with Crippen molar-refractivity contribution in [2.75, 3.05) is 23.9 Å². The van der Waals surface area contributed by atoms with Gasteiger partial charge in [-0.05, 0) is 60.5 Å². The van der Waals surface area contributed by atoms with Gasteiger partial charge in [-0.1, -0.05) is 65.9 Å². The fourth-order valence-corrected chi connectivity index (χ4v) is 4.55. The van der Waals surface area contributed by atoms with Gasteiger partial charge in [-0.2, -0.15) is 0 Å². The number of thioether (sulfide) groups is 1. The first-order valence-electron chi connectivity index (χ1n) is 10.2. The number of benzene rings is 3. The molecule has 162 valence electrons. The number of aryl methyl sites for hydroxylation is 1. The number of hydrogen-bond donors (Lipinski definition) is 0. The molecule has 4 rings (SSSR count). The first kappa shape index (κ1) is 22.1. The van der Waals surface area contributed by atoms with E-state index in [1.165, 1.54) is 17.3 Å². The molecule has 1 fully saturated rings. The van der Waals surface area contributed by atoms with Crippen molar-refractivity contribution >= 4 is 51.7 Å². The summed E-state index contributed by atoms with van der Waals surface area (Å²) in [6, 6.07) is 23.8. The standard InChI is InChI=1S/C26H24N2O2S2/c1-18-4-6-20(7-5-18)17-30-23-14-8-19(9-15-23)16-24-25(29)28(26(31)32-24)22-12-10-21(11-13-22)27(2)3/h4-16H,17H2,1-3H3/b24-16-. The van der Waals surface area contributed by atoms with Crippen LogP contribution in [0.1, 0.15) is 16.7 Å². The highest BCUT2D eigenvalue weighted by molar-refractivity contribution is 8.27. The third kappa shape index (κ3) is 5.03. The number of thiocarbonyl (C=S) groups is 1. The van der Waals surface area contributed by atoms with E-state index in [4.69, 9.17) is 17.0 Å². The van der Waals surface area contributed by atoms with Gasteiger partial charge in [-0.3, -0.25) is 9.69 Å². The molecule has 4 nitrogen and oxygen atoms in total. The molecule has 6 heteroatoms. The summed E-state index contributed by atoms with van der Waals surface area (Å²) in [7, 11) is 3.96. The minimum absolute atomic E-state index is 0.0997. The molecule has 0 atom stereocenters. The van der Waals surface area contributed by atoms with Crippen LogP contribution in [0.25, 0.3) is 6.08 Å². The van der Waals surface area contributed by atoms with Crippen LogP contribution < -0.4 is 14.5 Å². The molecule has 0 bridgehead atoms. The van der Waals surface area contributed by atoms with E-state index in [1.807, 2.05) is 73.6 Å². The van der Waals surface area contributed by atoms with E-state index in [1.54, 1.807) is 4.90 Å². The van der Waals surface area contributed by atoms with Crippen LogP contribution in [-0.4, -0.2) is 24.3 Å². The molecular formula is C26H24N2O2S2. The summed E-state index contributed by atoms with van der Waals surface area (Å²) in [5.41, 5.74) is 5.13. The lowest BCUT2D eigenvalue weighted by Crippen LogP contribution is -2.27. The van der Waals surface area contributed by atoms with Gasteiger partial charge >= 0.3 is 0 Å². The fraction of sp³-hybridized carbons (Fsp3) is 0.154. The second-order valence-corrected chi connectivity index (χ2v) is 9.45. The summed E-state index contributed by atoms with van der Waals surface area (Å²) in [6.07, 6.45) is 1.87. The molecule has 32 heavy (non-hydrogen) atoms. The van der Waals surface area contributed by atoms with Gasteiger partial charge in [0.25, 0.3) is 5.91 Å². The molecule has 3 aromatic carbocycles. The third-order valence-electron chi connectivity index (χ3n) is 5.12. The van der Waals surface area contributed by atoms with Crippen molar-refractivity contribution in [3.63, 3.8) is 0 Å². The molecule has 1 aliphatic rings. The van der Waals surface area contributed by atoms with Gasteiger partial charge in [0.2, 0.25) is 0 Å². The Kier molecular flexibility index (Phi) is 6.63. The zero-order valence-corrected chi connectivity index (χ0v) is 19.9. The number of nitrogens with zero attached hydrogens (tertiary/aromatic N) is 2. The largest absolute Gasteiger partial charge is 0.489 e. The Labute approximate surface area is 198 Å². The minimum Gasteiger partial charge on any atom is -0.489 e. The average molecular weight is 461 g/mol. The van der Waals surface area contributed by atoms with E-state index >= 15 is 0 Å². The zero-order valence-electron chi connectivity index (χ0n) is 18.2. The van der Waals surface area contributed by atoms with Gasteiger partial charge in [-0.25, -0.2) is 0 Å². The van der Waals surface area contributed by atoms with E-state index in [0.29, 0.717) is 15.8 Å². The second-order valence-electron chi connectivity index (χ2n) is 7.77. The van der Waals surface area contributed by atoms with Gasteiger partial charge < -0.3 is 9.64 Å². The van der Waals surface area contributed by atoms with Crippen molar-refractivity contribution in [1.29, 1.82) is 0 Å². The van der Waals surface area contributed by atoms with Gasteiger partial charge in [0.1, 0.15) is 12.4 Å². The van der Waals surface area contributed by atoms with E-state index < -0.39 is 0 Å². The summed E-state index contributed by atoms with van der Waals surface area (Å²) in [6.45, 7) is 2.59. The van der Waals surface area contributed by atoms with Gasteiger partial charge in [0, 0.05) is 19.8 Å². The highest BCUT2D eigenvalue weighted by Gasteiger charge is 2.33. The molecule has 3 aromatic rings. The van der Waals surface area contributed by atoms with Crippen LogP contribution in [0.15, 0.2) is 77.7 Å². The molecular weight excluding hydrogens is 436 g/mol. The first-order chi connectivity index (χ1) is 15.4. The molecule has 0 aliphatic carbocycles. The number of carbonyl (C=O) groups excluding carboxylic acids is 1. The summed E-state index contributed by atoms with van der Waals surface area (Å²) in [5.74, 6) is 0.688. The summed E-state index contributed by atoms with van der Waals surface area (Å²) < 4.78 is 6.41. The first-order valence-corrected chi connectivity index (χ1v) is 11.5. The van der Waals surface area contributed by atoms with Crippen LogP contribution in [0, 0.1) is 6.92 Å². The Bertz CT molecular complexity index is 1150. The normalized spacial score (nSPS) is 14.8. The van der Waals surface area contributed by atoms with Gasteiger partial charge in [-0.15, -0.1) is 0 Å². The van der Waals surface area contributed by atoms with Gasteiger partial charge in [0.15, 0.2) is 4.32 Å². The Morgan fingerprint density at radius 3 is 2.25 bits per heavy atom. The monoisotopic (exact) mass is 460 g/mol. The molecule has 1 amide bonds. The maximum Gasteiger partial charge on any atom is 0.270 e. The van der Waals surface area contributed by atoms with Crippen molar-refractivity contribution in [1.82, 2.24) is 0 Å².